The van der Waals surface area contributed by atoms with Gasteiger partial charge in [-0.3, -0.25) is 4.99 Å². The highest BCUT2D eigenvalue weighted by Gasteiger charge is 2.08. The van der Waals surface area contributed by atoms with Gasteiger partial charge in [0.05, 0.1) is 4.90 Å². The van der Waals surface area contributed by atoms with E-state index in [0.29, 0.717) is 12.5 Å². The summed E-state index contributed by atoms with van der Waals surface area (Å²) in [6.07, 6.45) is 4.85. The smallest absolute Gasteiger partial charge is 0.238 e. The summed E-state index contributed by atoms with van der Waals surface area (Å²) < 4.78 is 22.5. The highest BCUT2D eigenvalue weighted by atomic mass is 32.2. The van der Waals surface area contributed by atoms with Crippen molar-refractivity contribution < 1.29 is 8.42 Å². The Hall–Kier alpha value is -1.60. The Balaban J connectivity index is 2.49. The standard InChI is InChI=1S/C17H30N4O2S/c1-4-6-7-14(5-2)12-20-17(19-3)21-13-15-8-10-16(11-9-15)24(18,22)23/h8-11,14H,4-7,12-13H2,1-3H3,(H2,18,22,23)(H2,19,20,21). The number of sulfonamides is 1. The molecule has 0 saturated carbocycles. The number of rotatable bonds is 9. The Kier molecular flexibility index (Phi) is 8.78. The van der Waals surface area contributed by atoms with E-state index in [1.54, 1.807) is 19.2 Å². The number of nitrogens with zero attached hydrogens (tertiary/aromatic N) is 1. The third kappa shape index (κ3) is 7.31. The van der Waals surface area contributed by atoms with Crippen LogP contribution in [0.3, 0.4) is 0 Å². The van der Waals surface area contributed by atoms with Crippen LogP contribution in [0.1, 0.15) is 45.1 Å². The van der Waals surface area contributed by atoms with Crippen molar-refractivity contribution in [1.29, 1.82) is 0 Å². The molecule has 7 heteroatoms. The van der Waals surface area contributed by atoms with E-state index in [1.807, 2.05) is 0 Å². The van der Waals surface area contributed by atoms with Crippen molar-refractivity contribution in [3.05, 3.63) is 29.8 Å². The van der Waals surface area contributed by atoms with E-state index in [9.17, 15) is 8.42 Å². The molecule has 0 heterocycles. The fourth-order valence-electron chi connectivity index (χ4n) is 2.39. The highest BCUT2D eigenvalue weighted by Crippen LogP contribution is 2.11. The molecule has 0 amide bonds. The first-order valence-electron chi connectivity index (χ1n) is 8.46. The first-order chi connectivity index (χ1) is 11.4. The summed E-state index contributed by atoms with van der Waals surface area (Å²) in [7, 11) is -1.90. The summed E-state index contributed by atoms with van der Waals surface area (Å²) in [6.45, 7) is 5.89. The molecule has 0 aliphatic heterocycles. The zero-order chi connectivity index (χ0) is 18.0. The lowest BCUT2D eigenvalue weighted by atomic mass is 9.99. The fourth-order valence-corrected chi connectivity index (χ4v) is 2.90. The summed E-state index contributed by atoms with van der Waals surface area (Å²) in [5.74, 6) is 1.40. The van der Waals surface area contributed by atoms with E-state index >= 15 is 0 Å². The Labute approximate surface area is 146 Å². The van der Waals surface area contributed by atoms with E-state index in [1.165, 1.54) is 31.4 Å². The number of nitrogens with one attached hydrogen (secondary N) is 2. The van der Waals surface area contributed by atoms with Crippen molar-refractivity contribution in [2.75, 3.05) is 13.6 Å². The van der Waals surface area contributed by atoms with Crippen LogP contribution in [0, 0.1) is 5.92 Å². The highest BCUT2D eigenvalue weighted by molar-refractivity contribution is 7.89. The summed E-state index contributed by atoms with van der Waals surface area (Å²) >= 11 is 0. The number of unbranched alkanes of at least 4 members (excludes halogenated alkanes) is 1. The molecule has 0 fully saturated rings. The zero-order valence-corrected chi connectivity index (χ0v) is 15.7. The molecule has 6 nitrogen and oxygen atoms in total. The van der Waals surface area contributed by atoms with Crippen LogP contribution in [0.5, 0.6) is 0 Å². The molecular weight excluding hydrogens is 324 g/mol. The van der Waals surface area contributed by atoms with E-state index in [-0.39, 0.29) is 4.90 Å². The predicted octanol–water partition coefficient (Wildman–Crippen LogP) is 2.22. The molecule has 0 radical (unpaired) electrons. The molecule has 24 heavy (non-hydrogen) atoms. The molecule has 0 aromatic heterocycles. The minimum absolute atomic E-state index is 0.121. The summed E-state index contributed by atoms with van der Waals surface area (Å²) in [5, 5.41) is 11.7. The van der Waals surface area contributed by atoms with E-state index in [0.717, 1.165) is 24.5 Å². The molecule has 1 unspecified atom stereocenters. The Morgan fingerprint density at radius 3 is 2.38 bits per heavy atom. The average Bonchev–Trinajstić information content (AvgIpc) is 2.57. The number of hydrogen-bond donors (Lipinski definition) is 3. The van der Waals surface area contributed by atoms with Gasteiger partial charge in [-0.05, 0) is 30.0 Å². The first-order valence-corrected chi connectivity index (χ1v) is 10.0. The van der Waals surface area contributed by atoms with Gasteiger partial charge in [-0.25, -0.2) is 13.6 Å². The second-order valence-corrected chi connectivity index (χ2v) is 7.47. The van der Waals surface area contributed by atoms with Crippen LogP contribution in [0.2, 0.25) is 0 Å². The van der Waals surface area contributed by atoms with Crippen LogP contribution < -0.4 is 15.8 Å². The van der Waals surface area contributed by atoms with Crippen molar-refractivity contribution >= 4 is 16.0 Å². The number of benzene rings is 1. The molecule has 0 aliphatic carbocycles. The molecular formula is C17H30N4O2S. The van der Waals surface area contributed by atoms with Gasteiger partial charge in [0.15, 0.2) is 5.96 Å². The van der Waals surface area contributed by atoms with Crippen molar-refractivity contribution in [2.24, 2.45) is 16.0 Å². The van der Waals surface area contributed by atoms with Crippen molar-refractivity contribution in [2.45, 2.75) is 51.0 Å². The van der Waals surface area contributed by atoms with Gasteiger partial charge in [0, 0.05) is 20.1 Å². The van der Waals surface area contributed by atoms with Crippen molar-refractivity contribution in [1.82, 2.24) is 10.6 Å². The lowest BCUT2D eigenvalue weighted by Crippen LogP contribution is -2.39. The molecule has 0 bridgehead atoms. The average molecular weight is 355 g/mol. The summed E-state index contributed by atoms with van der Waals surface area (Å²) in [4.78, 5) is 4.35. The lowest BCUT2D eigenvalue weighted by molar-refractivity contribution is 0.443. The number of guanidine groups is 1. The van der Waals surface area contributed by atoms with E-state index in [4.69, 9.17) is 5.14 Å². The number of aliphatic imine (C=N–C) groups is 1. The Morgan fingerprint density at radius 2 is 1.88 bits per heavy atom. The number of hydrogen-bond acceptors (Lipinski definition) is 3. The second kappa shape index (κ2) is 10.3. The zero-order valence-electron chi connectivity index (χ0n) is 14.9. The molecule has 1 aromatic rings. The van der Waals surface area contributed by atoms with Crippen LogP contribution in [-0.2, 0) is 16.6 Å². The van der Waals surface area contributed by atoms with Crippen LogP contribution in [-0.4, -0.2) is 28.0 Å². The summed E-state index contributed by atoms with van der Waals surface area (Å²) in [5.41, 5.74) is 0.961. The van der Waals surface area contributed by atoms with Gasteiger partial charge in [0.2, 0.25) is 10.0 Å². The molecule has 0 spiro atoms. The van der Waals surface area contributed by atoms with Gasteiger partial charge < -0.3 is 10.6 Å². The Bertz CT molecular complexity index is 612. The molecule has 1 rings (SSSR count). The SMILES string of the molecule is CCCCC(CC)CNC(=NC)NCc1ccc(S(N)(=O)=O)cc1. The maximum absolute atomic E-state index is 11.2. The minimum Gasteiger partial charge on any atom is -0.356 e. The van der Waals surface area contributed by atoms with Crippen LogP contribution in [0.4, 0.5) is 0 Å². The van der Waals surface area contributed by atoms with Crippen molar-refractivity contribution in [3.8, 4) is 0 Å². The molecule has 1 aromatic carbocycles. The van der Waals surface area contributed by atoms with Crippen LogP contribution in [0.15, 0.2) is 34.2 Å². The number of primary sulfonamides is 1. The van der Waals surface area contributed by atoms with Gasteiger partial charge in [0.25, 0.3) is 0 Å². The minimum atomic E-state index is -3.64. The Morgan fingerprint density at radius 1 is 1.21 bits per heavy atom. The molecule has 0 saturated heterocycles. The molecule has 0 aliphatic rings. The van der Waals surface area contributed by atoms with Gasteiger partial charge in [-0.1, -0.05) is 45.2 Å². The first kappa shape index (κ1) is 20.4. The van der Waals surface area contributed by atoms with E-state index in [2.05, 4.69) is 29.5 Å². The van der Waals surface area contributed by atoms with Crippen LogP contribution in [0.25, 0.3) is 0 Å². The van der Waals surface area contributed by atoms with Gasteiger partial charge in [-0.15, -0.1) is 0 Å². The number of nitrogens with two attached hydrogens (primary N) is 1. The quantitative estimate of drug-likeness (QED) is 0.468. The van der Waals surface area contributed by atoms with Gasteiger partial charge >= 0.3 is 0 Å². The van der Waals surface area contributed by atoms with Crippen LogP contribution >= 0.6 is 0 Å². The second-order valence-electron chi connectivity index (χ2n) is 5.91. The van der Waals surface area contributed by atoms with Gasteiger partial charge in [0.1, 0.15) is 0 Å². The molecule has 136 valence electrons. The topological polar surface area (TPSA) is 96.6 Å². The lowest BCUT2D eigenvalue weighted by Gasteiger charge is -2.18. The monoisotopic (exact) mass is 354 g/mol. The maximum atomic E-state index is 11.2. The normalized spacial score (nSPS) is 13.6. The van der Waals surface area contributed by atoms with E-state index < -0.39 is 10.0 Å². The fraction of sp³-hybridized carbons (Fsp3) is 0.588. The molecule has 1 atom stereocenters. The third-order valence-electron chi connectivity index (χ3n) is 4.04. The van der Waals surface area contributed by atoms with Crippen molar-refractivity contribution in [3.63, 3.8) is 0 Å². The largest absolute Gasteiger partial charge is 0.356 e. The maximum Gasteiger partial charge on any atom is 0.238 e. The third-order valence-corrected chi connectivity index (χ3v) is 4.97. The molecule has 4 N–H and O–H groups in total. The summed E-state index contributed by atoms with van der Waals surface area (Å²) in [6, 6.07) is 6.52. The van der Waals surface area contributed by atoms with Gasteiger partial charge in [-0.2, -0.15) is 0 Å². The predicted molar refractivity (Wildman–Crippen MR) is 99.3 cm³/mol.